The molecule has 2 aliphatic heterocycles. The molecule has 1 amide bonds. The summed E-state index contributed by atoms with van der Waals surface area (Å²) in [4.78, 5) is 24.3. The molecule has 0 radical (unpaired) electrons. The van der Waals surface area contributed by atoms with Gasteiger partial charge in [-0.15, -0.1) is 0 Å². The molecule has 1 aromatic heterocycles. The van der Waals surface area contributed by atoms with Crippen molar-refractivity contribution in [2.45, 2.75) is 24.7 Å². The number of benzene rings is 1. The van der Waals surface area contributed by atoms with Crippen molar-refractivity contribution in [2.75, 3.05) is 17.7 Å². The first-order valence-electron chi connectivity index (χ1n) is 9.27. The van der Waals surface area contributed by atoms with E-state index in [-0.39, 0.29) is 22.3 Å². The molecule has 0 spiro atoms. The predicted octanol–water partition coefficient (Wildman–Crippen LogP) is 3.15. The lowest BCUT2D eigenvalue weighted by Crippen LogP contribution is -2.46. The molecule has 3 atom stereocenters. The number of thioether (sulfide) groups is 1. The van der Waals surface area contributed by atoms with Gasteiger partial charge in [-0.3, -0.25) is 9.78 Å². The highest BCUT2D eigenvalue weighted by Gasteiger charge is 2.62. The first-order valence-corrected chi connectivity index (χ1v) is 10.3. The number of aromatic nitrogens is 2. The lowest BCUT2D eigenvalue weighted by molar-refractivity contribution is -0.215. The van der Waals surface area contributed by atoms with Gasteiger partial charge in [0.25, 0.3) is 5.91 Å². The van der Waals surface area contributed by atoms with Crippen molar-refractivity contribution < 1.29 is 31.5 Å². The third-order valence-electron chi connectivity index (χ3n) is 5.27. The average Bonchev–Trinajstić information content (AvgIpc) is 3.11. The molecule has 3 heterocycles. The molecule has 2 aromatic rings. The van der Waals surface area contributed by atoms with Gasteiger partial charge in [-0.1, -0.05) is 11.8 Å². The van der Waals surface area contributed by atoms with Gasteiger partial charge in [0, 0.05) is 35.2 Å². The number of alkyl halides is 3. The lowest BCUT2D eigenvalue weighted by atomic mass is 9.78. The second-order valence-electron chi connectivity index (χ2n) is 7.38. The molecule has 4 rings (SSSR count). The van der Waals surface area contributed by atoms with Crippen LogP contribution in [0, 0.1) is 24.5 Å². The molecule has 0 aliphatic carbocycles. The quantitative estimate of drug-likeness (QED) is 0.664. The minimum Gasteiger partial charge on any atom is -0.379 e. The number of hydrogen-bond donors (Lipinski definition) is 2. The van der Waals surface area contributed by atoms with Crippen molar-refractivity contribution >= 4 is 28.5 Å². The van der Waals surface area contributed by atoms with E-state index >= 15 is 0 Å². The molecule has 170 valence electrons. The average molecular weight is 473 g/mol. The number of carbonyl (C=O) groups excluding carboxylic acids is 1. The van der Waals surface area contributed by atoms with Crippen LogP contribution in [0.2, 0.25) is 0 Å². The Bertz CT molecular complexity index is 1090. The maximum atomic E-state index is 14.9. The molecule has 0 saturated carbocycles. The zero-order chi connectivity index (χ0) is 23.3. The van der Waals surface area contributed by atoms with Gasteiger partial charge in [0.05, 0.1) is 18.5 Å². The van der Waals surface area contributed by atoms with Crippen LogP contribution in [0.5, 0.6) is 0 Å². The number of fused-ring (bicyclic) bond motifs is 1. The highest BCUT2D eigenvalue weighted by atomic mass is 32.2. The number of aryl methyl sites for hydroxylation is 1. The third kappa shape index (κ3) is 3.90. The van der Waals surface area contributed by atoms with Crippen LogP contribution in [-0.4, -0.2) is 45.7 Å². The topological polar surface area (TPSA) is 102 Å². The Morgan fingerprint density at radius 1 is 1.28 bits per heavy atom. The van der Waals surface area contributed by atoms with Gasteiger partial charge >= 0.3 is 6.18 Å². The fraction of sp³-hybridized carbons (Fsp3) is 0.368. The normalized spacial score (nSPS) is 25.2. The zero-order valence-corrected chi connectivity index (χ0v) is 17.2. The number of aliphatic imine (C=N–C) groups is 1. The Morgan fingerprint density at radius 3 is 2.69 bits per heavy atom. The SMILES string of the molecule is Cc1cnc(C(=O)Nc2cc(F)c(F)c([C@]34CO[C@H](C(F)(F)F)[C@H]3CSC(N)=N4)c2)cn1. The van der Waals surface area contributed by atoms with E-state index in [0.29, 0.717) is 11.8 Å². The maximum absolute atomic E-state index is 14.9. The van der Waals surface area contributed by atoms with Crippen LogP contribution in [0.3, 0.4) is 0 Å². The Kier molecular flexibility index (Phi) is 5.57. The largest absolute Gasteiger partial charge is 0.415 e. The first kappa shape index (κ1) is 22.4. The van der Waals surface area contributed by atoms with Crippen LogP contribution in [0.4, 0.5) is 27.6 Å². The van der Waals surface area contributed by atoms with Crippen LogP contribution in [0.15, 0.2) is 29.5 Å². The van der Waals surface area contributed by atoms with Gasteiger partial charge in [-0.2, -0.15) is 13.2 Å². The van der Waals surface area contributed by atoms with Gasteiger partial charge in [0.15, 0.2) is 22.9 Å². The molecule has 1 fully saturated rings. The van der Waals surface area contributed by atoms with Crippen molar-refractivity contribution in [3.8, 4) is 0 Å². The van der Waals surface area contributed by atoms with E-state index in [1.807, 2.05) is 0 Å². The molecule has 7 nitrogen and oxygen atoms in total. The highest BCUT2D eigenvalue weighted by molar-refractivity contribution is 8.13. The molecular weight excluding hydrogens is 457 g/mol. The van der Waals surface area contributed by atoms with E-state index in [1.54, 1.807) is 6.92 Å². The minimum atomic E-state index is -4.74. The number of rotatable bonds is 3. The van der Waals surface area contributed by atoms with Gasteiger partial charge < -0.3 is 15.8 Å². The van der Waals surface area contributed by atoms with E-state index in [9.17, 15) is 26.7 Å². The summed E-state index contributed by atoms with van der Waals surface area (Å²) < 4.78 is 74.9. The number of halogens is 5. The van der Waals surface area contributed by atoms with Crippen molar-refractivity contribution in [1.82, 2.24) is 9.97 Å². The van der Waals surface area contributed by atoms with Crippen molar-refractivity contribution in [3.05, 3.63) is 53.1 Å². The van der Waals surface area contributed by atoms with Crippen LogP contribution in [0.25, 0.3) is 0 Å². The summed E-state index contributed by atoms with van der Waals surface area (Å²) in [6, 6.07) is 1.76. The monoisotopic (exact) mass is 473 g/mol. The molecule has 2 aliphatic rings. The second-order valence-corrected chi connectivity index (χ2v) is 8.42. The van der Waals surface area contributed by atoms with Crippen LogP contribution in [0.1, 0.15) is 21.7 Å². The smallest absolute Gasteiger partial charge is 0.379 e. The van der Waals surface area contributed by atoms with Crippen LogP contribution < -0.4 is 11.1 Å². The van der Waals surface area contributed by atoms with E-state index in [4.69, 9.17) is 10.5 Å². The van der Waals surface area contributed by atoms with Gasteiger partial charge in [0.2, 0.25) is 0 Å². The number of anilines is 1. The number of nitrogens with two attached hydrogens (primary N) is 1. The molecule has 1 saturated heterocycles. The third-order valence-corrected chi connectivity index (χ3v) is 6.18. The van der Waals surface area contributed by atoms with E-state index in [2.05, 4.69) is 20.3 Å². The van der Waals surface area contributed by atoms with Crippen LogP contribution in [-0.2, 0) is 10.3 Å². The molecule has 0 unspecified atom stereocenters. The Labute approximate surface area is 182 Å². The number of nitrogens with zero attached hydrogens (tertiary/aromatic N) is 3. The van der Waals surface area contributed by atoms with E-state index < -0.39 is 53.4 Å². The van der Waals surface area contributed by atoms with Gasteiger partial charge in [-0.05, 0) is 13.0 Å². The van der Waals surface area contributed by atoms with Crippen molar-refractivity contribution in [1.29, 1.82) is 0 Å². The van der Waals surface area contributed by atoms with E-state index in [1.165, 1.54) is 12.4 Å². The lowest BCUT2D eigenvalue weighted by Gasteiger charge is -2.36. The Morgan fingerprint density at radius 2 is 2.03 bits per heavy atom. The predicted molar refractivity (Wildman–Crippen MR) is 106 cm³/mol. The zero-order valence-electron chi connectivity index (χ0n) is 16.4. The number of nitrogens with one attached hydrogen (secondary N) is 1. The summed E-state index contributed by atoms with van der Waals surface area (Å²) in [7, 11) is 0. The summed E-state index contributed by atoms with van der Waals surface area (Å²) in [5.41, 5.74) is 3.64. The fourth-order valence-electron chi connectivity index (χ4n) is 3.78. The molecule has 0 bridgehead atoms. The number of amidine groups is 1. The highest BCUT2D eigenvalue weighted by Crippen LogP contribution is 2.52. The maximum Gasteiger partial charge on any atom is 0.415 e. The first-order chi connectivity index (χ1) is 15.0. The summed E-state index contributed by atoms with van der Waals surface area (Å²) in [6.07, 6.45) is -4.42. The number of amides is 1. The number of carbonyl (C=O) groups is 1. The standard InChI is InChI=1S/C19H16F5N5O2S/c1-8-4-27-13(5-26-8)16(30)28-9-2-10(14(21)12(20)3-9)18-7-31-15(19(22,23)24)11(18)6-32-17(25)29-18/h2-5,11,15H,6-7H2,1H3,(H2,25,29)(H,28,30)/t11-,15+,18-/m1/s1. The fourth-order valence-corrected chi connectivity index (χ4v) is 4.80. The van der Waals surface area contributed by atoms with Gasteiger partial charge in [-0.25, -0.2) is 18.8 Å². The molecule has 13 heteroatoms. The van der Waals surface area contributed by atoms with Crippen molar-refractivity contribution in [3.63, 3.8) is 0 Å². The second kappa shape index (κ2) is 7.96. The summed E-state index contributed by atoms with van der Waals surface area (Å²) >= 11 is 0.877. The summed E-state index contributed by atoms with van der Waals surface area (Å²) in [6.45, 7) is 1.01. The molecule has 32 heavy (non-hydrogen) atoms. The molecule has 1 aromatic carbocycles. The molecule has 3 N–H and O–H groups in total. The summed E-state index contributed by atoms with van der Waals surface area (Å²) in [5.74, 6) is -5.03. The Balaban J connectivity index is 1.76. The number of hydrogen-bond acceptors (Lipinski definition) is 7. The van der Waals surface area contributed by atoms with E-state index in [0.717, 1.165) is 17.8 Å². The molecular formula is C19H16F5N5O2S. The van der Waals surface area contributed by atoms with Crippen molar-refractivity contribution in [2.24, 2.45) is 16.6 Å². The number of ether oxygens (including phenoxy) is 1. The minimum absolute atomic E-state index is 0.0724. The van der Waals surface area contributed by atoms with Gasteiger partial charge in [0.1, 0.15) is 11.2 Å². The Hall–Kier alpha value is -2.80. The van der Waals surface area contributed by atoms with Crippen LogP contribution >= 0.6 is 11.8 Å². The summed E-state index contributed by atoms with van der Waals surface area (Å²) in [5, 5.41) is 2.29.